The lowest BCUT2D eigenvalue weighted by Gasteiger charge is -2.02. The van der Waals surface area contributed by atoms with Crippen molar-refractivity contribution in [2.75, 3.05) is 5.32 Å². The van der Waals surface area contributed by atoms with E-state index in [0.717, 1.165) is 11.3 Å². The highest BCUT2D eigenvalue weighted by Crippen LogP contribution is 2.28. The third kappa shape index (κ3) is 1.93. The maximum absolute atomic E-state index is 11.1. The van der Waals surface area contributed by atoms with Gasteiger partial charge in [0.05, 0.1) is 6.20 Å². The number of fused-ring (bicyclic) bond motifs is 1. The van der Waals surface area contributed by atoms with Crippen LogP contribution in [-0.4, -0.2) is 24.5 Å². The predicted octanol–water partition coefficient (Wildman–Crippen LogP) is 1.95. The quantitative estimate of drug-likeness (QED) is 0.561. The van der Waals surface area contributed by atoms with E-state index in [0.29, 0.717) is 11.5 Å². The number of nitro groups is 1. The van der Waals surface area contributed by atoms with Crippen LogP contribution in [0.4, 0.5) is 11.6 Å². The van der Waals surface area contributed by atoms with Gasteiger partial charge < -0.3 is 15.4 Å². The summed E-state index contributed by atoms with van der Waals surface area (Å²) < 4.78 is 1.47. The minimum absolute atomic E-state index is 0.0441. The molecule has 0 radical (unpaired) electrons. The standard InChI is InChI=1S/C10H10N6O2S/c1-6-7(5-12-14-6)4-11-8-9(16(17)18)15-2-3-19-10(15)13-8/h2-3,5,11H,4H2,1H3,(H,12,14). The average Bonchev–Trinajstić information content (AvgIpc) is 3.00. The highest BCUT2D eigenvalue weighted by atomic mass is 32.1. The fourth-order valence-electron chi connectivity index (χ4n) is 1.80. The van der Waals surface area contributed by atoms with Crippen LogP contribution in [0, 0.1) is 17.0 Å². The summed E-state index contributed by atoms with van der Waals surface area (Å²) in [7, 11) is 0. The second kappa shape index (κ2) is 4.35. The van der Waals surface area contributed by atoms with Crippen molar-refractivity contribution in [1.29, 1.82) is 0 Å². The molecule has 0 saturated carbocycles. The number of anilines is 1. The van der Waals surface area contributed by atoms with Crippen LogP contribution in [-0.2, 0) is 6.54 Å². The van der Waals surface area contributed by atoms with Crippen LogP contribution in [0.1, 0.15) is 11.3 Å². The van der Waals surface area contributed by atoms with Gasteiger partial charge in [-0.3, -0.25) is 5.10 Å². The largest absolute Gasteiger partial charge is 0.372 e. The summed E-state index contributed by atoms with van der Waals surface area (Å²) in [5.41, 5.74) is 1.88. The lowest BCUT2D eigenvalue weighted by atomic mass is 10.2. The van der Waals surface area contributed by atoms with Crippen LogP contribution in [0.25, 0.3) is 4.96 Å². The Hall–Kier alpha value is -2.42. The topological polar surface area (TPSA) is 101 Å². The van der Waals surface area contributed by atoms with Crippen molar-refractivity contribution in [3.63, 3.8) is 0 Å². The zero-order chi connectivity index (χ0) is 13.4. The number of aryl methyl sites for hydroxylation is 1. The van der Waals surface area contributed by atoms with Crippen LogP contribution in [0.2, 0.25) is 0 Å². The number of hydrogen-bond donors (Lipinski definition) is 2. The molecular formula is C10H10N6O2S. The number of aromatic nitrogens is 4. The first-order chi connectivity index (χ1) is 9.16. The van der Waals surface area contributed by atoms with E-state index in [-0.39, 0.29) is 11.6 Å². The van der Waals surface area contributed by atoms with E-state index in [1.807, 2.05) is 6.92 Å². The Morgan fingerprint density at radius 2 is 2.47 bits per heavy atom. The Morgan fingerprint density at radius 3 is 3.16 bits per heavy atom. The maximum atomic E-state index is 11.1. The summed E-state index contributed by atoms with van der Waals surface area (Å²) >= 11 is 1.36. The summed E-state index contributed by atoms with van der Waals surface area (Å²) in [5, 5.41) is 22.6. The number of nitrogens with zero attached hydrogens (tertiary/aromatic N) is 4. The second-order valence-corrected chi connectivity index (χ2v) is 4.84. The van der Waals surface area contributed by atoms with Gasteiger partial charge in [-0.1, -0.05) is 11.3 Å². The Morgan fingerprint density at radius 1 is 1.63 bits per heavy atom. The monoisotopic (exact) mass is 278 g/mol. The smallest absolute Gasteiger partial charge is 0.359 e. The number of imidazole rings is 1. The first-order valence-electron chi connectivity index (χ1n) is 5.49. The summed E-state index contributed by atoms with van der Waals surface area (Å²) in [4.78, 5) is 15.5. The zero-order valence-electron chi connectivity index (χ0n) is 9.95. The van der Waals surface area contributed by atoms with Gasteiger partial charge in [0, 0.05) is 23.2 Å². The SMILES string of the molecule is Cc1[nH]ncc1CNc1nc2sccn2c1[N+](=O)[O-]. The lowest BCUT2D eigenvalue weighted by Crippen LogP contribution is -2.03. The third-order valence-corrected chi connectivity index (χ3v) is 3.55. The van der Waals surface area contributed by atoms with Crippen LogP contribution in [0.5, 0.6) is 0 Å². The van der Waals surface area contributed by atoms with E-state index < -0.39 is 4.92 Å². The van der Waals surface area contributed by atoms with Gasteiger partial charge in [0.1, 0.15) is 6.20 Å². The molecule has 0 bridgehead atoms. The minimum Gasteiger partial charge on any atom is -0.359 e. The molecule has 0 saturated heterocycles. The van der Waals surface area contributed by atoms with E-state index >= 15 is 0 Å². The summed E-state index contributed by atoms with van der Waals surface area (Å²) in [6, 6.07) is 0. The number of H-pyrrole nitrogens is 1. The van der Waals surface area contributed by atoms with Gasteiger partial charge in [-0.25, -0.2) is 0 Å². The van der Waals surface area contributed by atoms with E-state index in [1.54, 1.807) is 17.8 Å². The normalized spacial score (nSPS) is 11.0. The van der Waals surface area contributed by atoms with Crippen molar-refractivity contribution >= 4 is 27.9 Å². The molecule has 0 spiro atoms. The molecule has 0 atom stereocenters. The molecule has 3 aromatic heterocycles. The molecule has 19 heavy (non-hydrogen) atoms. The Bertz CT molecular complexity index is 742. The molecule has 3 aromatic rings. The minimum atomic E-state index is -0.433. The maximum Gasteiger partial charge on any atom is 0.372 e. The molecule has 3 rings (SSSR count). The van der Waals surface area contributed by atoms with E-state index in [1.165, 1.54) is 15.7 Å². The number of thiazole rings is 1. The zero-order valence-corrected chi connectivity index (χ0v) is 10.8. The fraction of sp³-hybridized carbons (Fsp3) is 0.200. The molecule has 0 fully saturated rings. The van der Waals surface area contributed by atoms with Crippen LogP contribution >= 0.6 is 11.3 Å². The molecule has 0 aromatic carbocycles. The summed E-state index contributed by atoms with van der Waals surface area (Å²) in [5.74, 6) is 0.231. The highest BCUT2D eigenvalue weighted by Gasteiger charge is 2.23. The van der Waals surface area contributed by atoms with Crippen LogP contribution in [0.15, 0.2) is 17.8 Å². The second-order valence-electron chi connectivity index (χ2n) is 3.97. The number of rotatable bonds is 4. The van der Waals surface area contributed by atoms with E-state index in [4.69, 9.17) is 0 Å². The highest BCUT2D eigenvalue weighted by molar-refractivity contribution is 7.15. The van der Waals surface area contributed by atoms with Crippen molar-refractivity contribution in [3.05, 3.63) is 39.1 Å². The lowest BCUT2D eigenvalue weighted by molar-refractivity contribution is -0.389. The van der Waals surface area contributed by atoms with Gasteiger partial charge in [0.2, 0.25) is 5.82 Å². The Labute approximate surface area is 111 Å². The van der Waals surface area contributed by atoms with Crippen molar-refractivity contribution in [2.24, 2.45) is 0 Å². The molecule has 3 heterocycles. The fourth-order valence-corrected chi connectivity index (χ4v) is 2.51. The molecule has 2 N–H and O–H groups in total. The van der Waals surface area contributed by atoms with Crippen molar-refractivity contribution < 1.29 is 4.92 Å². The molecule has 0 aliphatic heterocycles. The number of hydrogen-bond acceptors (Lipinski definition) is 6. The first kappa shape index (κ1) is 11.7. The van der Waals surface area contributed by atoms with Gasteiger partial charge in [-0.15, -0.1) is 0 Å². The van der Waals surface area contributed by atoms with Gasteiger partial charge >= 0.3 is 5.82 Å². The van der Waals surface area contributed by atoms with Crippen molar-refractivity contribution in [1.82, 2.24) is 19.6 Å². The number of nitrogens with one attached hydrogen (secondary N) is 2. The Balaban J connectivity index is 1.92. The Kier molecular flexibility index (Phi) is 2.67. The van der Waals surface area contributed by atoms with E-state index in [9.17, 15) is 10.1 Å². The first-order valence-corrected chi connectivity index (χ1v) is 6.37. The van der Waals surface area contributed by atoms with Crippen molar-refractivity contribution in [3.8, 4) is 0 Å². The van der Waals surface area contributed by atoms with Crippen molar-refractivity contribution in [2.45, 2.75) is 13.5 Å². The van der Waals surface area contributed by atoms with Crippen LogP contribution < -0.4 is 5.32 Å². The van der Waals surface area contributed by atoms with Crippen LogP contribution in [0.3, 0.4) is 0 Å². The van der Waals surface area contributed by atoms with Gasteiger partial charge in [-0.05, 0) is 11.8 Å². The third-order valence-electron chi connectivity index (χ3n) is 2.79. The van der Waals surface area contributed by atoms with E-state index in [2.05, 4.69) is 20.5 Å². The van der Waals surface area contributed by atoms with Gasteiger partial charge in [-0.2, -0.15) is 14.5 Å². The predicted molar refractivity (Wildman–Crippen MR) is 70.4 cm³/mol. The van der Waals surface area contributed by atoms with Gasteiger partial charge in [0.15, 0.2) is 0 Å². The van der Waals surface area contributed by atoms with Gasteiger partial charge in [0.25, 0.3) is 4.96 Å². The molecule has 8 nitrogen and oxygen atoms in total. The summed E-state index contributed by atoms with van der Waals surface area (Å²) in [6.45, 7) is 2.33. The number of aromatic amines is 1. The molecule has 0 unspecified atom stereocenters. The molecule has 9 heteroatoms. The molecule has 0 amide bonds. The molecular weight excluding hydrogens is 268 g/mol. The molecule has 0 aliphatic rings. The average molecular weight is 278 g/mol. The molecule has 98 valence electrons. The molecule has 0 aliphatic carbocycles. The summed E-state index contributed by atoms with van der Waals surface area (Å²) in [6.07, 6.45) is 3.33.